The van der Waals surface area contributed by atoms with Crippen LogP contribution in [-0.2, 0) is 10.8 Å². The maximum absolute atomic E-state index is 13.6. The van der Waals surface area contributed by atoms with Crippen molar-refractivity contribution in [3.05, 3.63) is 60.3 Å². The number of nitrogens with one attached hydrogen (secondary N) is 1. The minimum Gasteiger partial charge on any atom is -0.345 e. The number of aromatic nitrogens is 5. The number of hydrogen-bond donors (Lipinski definition) is 1. The fraction of sp³-hybridized carbons (Fsp3) is 0.333. The minimum absolute atomic E-state index is 0.0599. The van der Waals surface area contributed by atoms with Crippen LogP contribution < -0.4 is 4.90 Å². The molecular formula is C24H22F2N6O. The molecule has 1 amide bonds. The molecular weight excluding hydrogens is 426 g/mol. The van der Waals surface area contributed by atoms with E-state index in [9.17, 15) is 13.6 Å². The SMILES string of the molecule is Cc1cc(-c2cnn(C(C)(F)F)c2)ncc1[C@@H]1C(C2CC2)C(=O)N1c1ccc2nc[nH]c2c1. The monoisotopic (exact) mass is 448 g/mol. The van der Waals surface area contributed by atoms with Crippen LogP contribution in [-0.4, -0.2) is 30.6 Å². The molecule has 4 aromatic rings. The van der Waals surface area contributed by atoms with Crippen LogP contribution in [0.25, 0.3) is 22.3 Å². The second-order valence-corrected chi connectivity index (χ2v) is 9.06. The maximum Gasteiger partial charge on any atom is 0.340 e. The number of H-pyrrole nitrogens is 1. The molecule has 1 saturated heterocycles. The fourth-order valence-corrected chi connectivity index (χ4v) is 4.82. The van der Waals surface area contributed by atoms with Crippen molar-refractivity contribution in [2.24, 2.45) is 11.8 Å². The number of halogens is 2. The highest BCUT2D eigenvalue weighted by Gasteiger charge is 2.55. The molecule has 4 heterocycles. The third-order valence-electron chi connectivity index (χ3n) is 6.70. The fourth-order valence-electron chi connectivity index (χ4n) is 4.82. The van der Waals surface area contributed by atoms with Crippen molar-refractivity contribution in [2.45, 2.75) is 38.8 Å². The summed E-state index contributed by atoms with van der Waals surface area (Å²) in [5.74, 6) is 0.477. The van der Waals surface area contributed by atoms with Gasteiger partial charge in [0.15, 0.2) is 0 Å². The molecule has 1 N–H and O–H groups in total. The van der Waals surface area contributed by atoms with Crippen molar-refractivity contribution >= 4 is 22.6 Å². The number of nitrogens with zero attached hydrogens (tertiary/aromatic N) is 5. The summed E-state index contributed by atoms with van der Waals surface area (Å²) >= 11 is 0. The van der Waals surface area contributed by atoms with Gasteiger partial charge in [-0.3, -0.25) is 9.78 Å². The Balaban J connectivity index is 1.37. The number of carbonyl (C=O) groups is 1. The molecule has 1 unspecified atom stereocenters. The molecule has 2 atom stereocenters. The van der Waals surface area contributed by atoms with Gasteiger partial charge in [-0.05, 0) is 61.1 Å². The molecule has 3 aromatic heterocycles. The number of fused-ring (bicyclic) bond motifs is 1. The van der Waals surface area contributed by atoms with E-state index in [2.05, 4.69) is 20.1 Å². The van der Waals surface area contributed by atoms with E-state index in [0.717, 1.165) is 47.6 Å². The molecule has 0 spiro atoms. The van der Waals surface area contributed by atoms with Crippen molar-refractivity contribution in [2.75, 3.05) is 4.90 Å². The Morgan fingerprint density at radius 2 is 1.97 bits per heavy atom. The topological polar surface area (TPSA) is 79.7 Å². The van der Waals surface area contributed by atoms with Gasteiger partial charge in [-0.1, -0.05) is 0 Å². The van der Waals surface area contributed by atoms with Gasteiger partial charge in [-0.2, -0.15) is 13.9 Å². The van der Waals surface area contributed by atoms with E-state index in [0.29, 0.717) is 21.9 Å². The van der Waals surface area contributed by atoms with Crippen LogP contribution in [0.2, 0.25) is 0 Å². The smallest absolute Gasteiger partial charge is 0.340 e. The molecule has 1 aromatic carbocycles. The van der Waals surface area contributed by atoms with Crippen LogP contribution in [0.1, 0.15) is 36.9 Å². The maximum atomic E-state index is 13.6. The molecule has 33 heavy (non-hydrogen) atoms. The Morgan fingerprint density at radius 3 is 2.67 bits per heavy atom. The zero-order valence-electron chi connectivity index (χ0n) is 18.2. The van der Waals surface area contributed by atoms with Crippen LogP contribution in [0.5, 0.6) is 0 Å². The van der Waals surface area contributed by atoms with E-state index in [4.69, 9.17) is 0 Å². The summed E-state index contributed by atoms with van der Waals surface area (Å²) in [4.78, 5) is 27.0. The first kappa shape index (κ1) is 20.0. The van der Waals surface area contributed by atoms with Gasteiger partial charge in [-0.25, -0.2) is 9.67 Å². The number of benzene rings is 1. The van der Waals surface area contributed by atoms with E-state index >= 15 is 0 Å². The van der Waals surface area contributed by atoms with Gasteiger partial charge in [0.25, 0.3) is 0 Å². The van der Waals surface area contributed by atoms with E-state index in [1.807, 2.05) is 36.1 Å². The molecule has 2 aliphatic rings. The number of pyridine rings is 1. The van der Waals surface area contributed by atoms with Gasteiger partial charge in [0.05, 0.1) is 41.2 Å². The summed E-state index contributed by atoms with van der Waals surface area (Å²) in [5, 5.41) is 3.77. The average Bonchev–Trinajstić information content (AvgIpc) is 3.25. The highest BCUT2D eigenvalue weighted by atomic mass is 19.3. The lowest BCUT2D eigenvalue weighted by Gasteiger charge is -2.48. The summed E-state index contributed by atoms with van der Waals surface area (Å²) < 4.78 is 27.8. The van der Waals surface area contributed by atoms with E-state index in [1.54, 1.807) is 12.5 Å². The lowest BCUT2D eigenvalue weighted by atomic mass is 9.77. The molecule has 168 valence electrons. The van der Waals surface area contributed by atoms with Crippen molar-refractivity contribution in [1.29, 1.82) is 0 Å². The van der Waals surface area contributed by atoms with Crippen molar-refractivity contribution in [3.63, 3.8) is 0 Å². The second kappa shape index (κ2) is 6.94. The number of imidazole rings is 1. The van der Waals surface area contributed by atoms with Gasteiger partial charge in [0.2, 0.25) is 5.91 Å². The van der Waals surface area contributed by atoms with Crippen LogP contribution in [0.4, 0.5) is 14.5 Å². The van der Waals surface area contributed by atoms with Crippen LogP contribution in [0, 0.1) is 18.8 Å². The lowest BCUT2D eigenvalue weighted by Crippen LogP contribution is -2.56. The van der Waals surface area contributed by atoms with Gasteiger partial charge in [-0.15, -0.1) is 0 Å². The second-order valence-electron chi connectivity index (χ2n) is 9.06. The Bertz CT molecular complexity index is 1380. The van der Waals surface area contributed by atoms with Gasteiger partial charge >= 0.3 is 6.05 Å². The average molecular weight is 448 g/mol. The molecule has 0 bridgehead atoms. The van der Waals surface area contributed by atoms with Gasteiger partial charge < -0.3 is 9.88 Å². The predicted octanol–water partition coefficient (Wildman–Crippen LogP) is 4.81. The van der Waals surface area contributed by atoms with Crippen LogP contribution in [0.15, 0.2) is 49.2 Å². The predicted molar refractivity (Wildman–Crippen MR) is 119 cm³/mol. The van der Waals surface area contributed by atoms with E-state index in [1.165, 1.54) is 12.4 Å². The van der Waals surface area contributed by atoms with E-state index in [-0.39, 0.29) is 17.9 Å². The zero-order chi connectivity index (χ0) is 22.9. The van der Waals surface area contributed by atoms with Gasteiger partial charge in [0.1, 0.15) is 0 Å². The summed E-state index contributed by atoms with van der Waals surface area (Å²) in [7, 11) is 0. The number of amides is 1. The number of hydrogen-bond acceptors (Lipinski definition) is 4. The summed E-state index contributed by atoms with van der Waals surface area (Å²) in [5.41, 5.74) is 5.60. The van der Waals surface area contributed by atoms with Crippen molar-refractivity contribution in [3.8, 4) is 11.3 Å². The molecule has 9 heteroatoms. The Hall–Kier alpha value is -3.62. The normalized spacial score (nSPS) is 21.0. The first-order valence-corrected chi connectivity index (χ1v) is 11.0. The summed E-state index contributed by atoms with van der Waals surface area (Å²) in [6, 6.07) is 4.49. The van der Waals surface area contributed by atoms with Crippen LogP contribution in [0.3, 0.4) is 0 Å². The summed E-state index contributed by atoms with van der Waals surface area (Å²) in [6.45, 7) is 2.77. The quantitative estimate of drug-likeness (QED) is 0.444. The highest BCUT2D eigenvalue weighted by Crippen LogP contribution is 2.54. The number of aromatic amines is 1. The zero-order valence-corrected chi connectivity index (χ0v) is 18.2. The summed E-state index contributed by atoms with van der Waals surface area (Å²) in [6.07, 6.45) is 8.24. The molecule has 1 aliphatic heterocycles. The van der Waals surface area contributed by atoms with Gasteiger partial charge in [0, 0.05) is 30.6 Å². The van der Waals surface area contributed by atoms with E-state index < -0.39 is 6.05 Å². The molecule has 7 nitrogen and oxygen atoms in total. The molecule has 1 aliphatic carbocycles. The minimum atomic E-state index is -3.08. The number of aryl methyl sites for hydroxylation is 1. The Kier molecular flexibility index (Phi) is 4.21. The third kappa shape index (κ3) is 3.21. The van der Waals surface area contributed by atoms with Crippen molar-refractivity contribution < 1.29 is 13.6 Å². The number of rotatable bonds is 5. The number of β-lactam (4-membered cyclic amide) rings is 1. The third-order valence-corrected chi connectivity index (χ3v) is 6.70. The molecule has 2 fully saturated rings. The standard InChI is InChI=1S/C24H22F2N6O/c1-13-7-19(15-9-30-31(11-15)24(2,25)26)27-10-17(13)22-21(14-3-4-14)23(33)32(22)16-5-6-18-20(8-16)29-12-28-18/h5-12,14,21-22H,3-4H2,1-2H3,(H,28,29)/t21?,22-/m1/s1. The Morgan fingerprint density at radius 1 is 1.15 bits per heavy atom. The largest absolute Gasteiger partial charge is 0.345 e. The first-order chi connectivity index (χ1) is 15.8. The number of anilines is 1. The van der Waals surface area contributed by atoms with Crippen LogP contribution >= 0.6 is 0 Å². The molecule has 1 saturated carbocycles. The number of alkyl halides is 2. The molecule has 0 radical (unpaired) electrons. The highest BCUT2D eigenvalue weighted by molar-refractivity contribution is 6.04. The lowest BCUT2D eigenvalue weighted by molar-refractivity contribution is -0.131. The number of carbonyl (C=O) groups excluding carboxylic acids is 1. The first-order valence-electron chi connectivity index (χ1n) is 11.0. The van der Waals surface area contributed by atoms with Crippen molar-refractivity contribution in [1.82, 2.24) is 24.7 Å². The Labute approximate surface area is 188 Å². The molecule has 6 rings (SSSR count).